The van der Waals surface area contributed by atoms with Gasteiger partial charge in [0, 0.05) is 18.5 Å². The molecule has 0 atom stereocenters. The molecule has 0 aliphatic heterocycles. The van der Waals surface area contributed by atoms with Crippen LogP contribution in [0, 0.1) is 0 Å². The Morgan fingerprint density at radius 3 is 1.58 bits per heavy atom. The van der Waals surface area contributed by atoms with Gasteiger partial charge in [0.2, 0.25) is 0 Å². The molecule has 0 spiro atoms. The summed E-state index contributed by atoms with van der Waals surface area (Å²) in [7, 11) is 0.919. The quantitative estimate of drug-likeness (QED) is 0.391. The van der Waals surface area contributed by atoms with Crippen LogP contribution in [0.4, 0.5) is 39.5 Å². The van der Waals surface area contributed by atoms with Crippen LogP contribution >= 0.6 is 11.9 Å². The molecule has 0 fully saturated rings. The number of hydrogen-bond donors (Lipinski definition) is 0. The minimum absolute atomic E-state index is 0.190. The summed E-state index contributed by atoms with van der Waals surface area (Å²) in [6.07, 6.45) is -6.54. The van der Waals surface area contributed by atoms with Gasteiger partial charge in [-0.05, 0) is 33.1 Å². The van der Waals surface area contributed by atoms with Gasteiger partial charge in [-0.3, -0.25) is 0 Å². The van der Waals surface area contributed by atoms with Crippen molar-refractivity contribution >= 4 is 11.9 Å². The molecule has 2 nitrogen and oxygen atoms in total. The third-order valence-electron chi connectivity index (χ3n) is 3.23. The van der Waals surface area contributed by atoms with Crippen molar-refractivity contribution in [3.8, 4) is 0 Å². The van der Waals surface area contributed by atoms with E-state index in [1.165, 1.54) is 0 Å². The second-order valence-electron chi connectivity index (χ2n) is 4.99. The van der Waals surface area contributed by atoms with E-state index < -0.39 is 35.2 Å². The van der Waals surface area contributed by atoms with Crippen molar-refractivity contribution in [2.24, 2.45) is 0 Å². The number of halogens is 9. The number of nitrogens with zero attached hydrogens (tertiary/aromatic N) is 2. The second-order valence-corrected chi connectivity index (χ2v) is 6.31. The Kier molecular flexibility index (Phi) is 8.22. The Morgan fingerprint density at radius 2 is 1.21 bits per heavy atom. The summed E-state index contributed by atoms with van der Waals surface area (Å²) in [6, 6.07) is 0. The van der Waals surface area contributed by atoms with Gasteiger partial charge in [-0.15, -0.1) is 0 Å². The number of hydrogen-bond acceptors (Lipinski definition) is 3. The average molecular weight is 394 g/mol. The van der Waals surface area contributed by atoms with Crippen LogP contribution in [-0.2, 0) is 0 Å². The van der Waals surface area contributed by atoms with Gasteiger partial charge in [0.15, 0.2) is 0 Å². The van der Waals surface area contributed by atoms with E-state index in [2.05, 4.69) is 0 Å². The van der Waals surface area contributed by atoms with E-state index in [4.69, 9.17) is 0 Å². The highest BCUT2D eigenvalue weighted by Gasteiger charge is 2.82. The van der Waals surface area contributed by atoms with Crippen LogP contribution in [0.5, 0.6) is 0 Å². The van der Waals surface area contributed by atoms with Gasteiger partial charge in [-0.2, -0.15) is 39.5 Å². The zero-order chi connectivity index (χ0) is 19.4. The lowest BCUT2D eigenvalue weighted by Crippen LogP contribution is -2.60. The first kappa shape index (κ1) is 23.6. The average Bonchev–Trinajstić information content (AvgIpc) is 2.41. The lowest BCUT2D eigenvalue weighted by Gasteiger charge is -2.34. The highest BCUT2D eigenvalue weighted by molar-refractivity contribution is 7.98. The summed E-state index contributed by atoms with van der Waals surface area (Å²) in [5.41, 5.74) is 0. The molecule has 0 rings (SSSR count). The summed E-state index contributed by atoms with van der Waals surface area (Å²) in [6.45, 7) is 5.27. The maximum absolute atomic E-state index is 13.4. The van der Waals surface area contributed by atoms with E-state index in [0.29, 0.717) is 23.9 Å². The molecule has 0 bridgehead atoms. The normalized spacial score (nSPS) is 14.8. The summed E-state index contributed by atoms with van der Waals surface area (Å²) in [5, 5.41) is -5.63. The van der Waals surface area contributed by atoms with Gasteiger partial charge in [-0.1, -0.05) is 13.8 Å². The first-order valence-electron chi connectivity index (χ1n) is 6.96. The second kappa shape index (κ2) is 8.35. The Morgan fingerprint density at radius 1 is 0.750 bits per heavy atom. The van der Waals surface area contributed by atoms with E-state index >= 15 is 0 Å². The largest absolute Gasteiger partial charge is 0.460 e. The minimum Gasteiger partial charge on any atom is -0.304 e. The van der Waals surface area contributed by atoms with Crippen LogP contribution < -0.4 is 0 Å². The van der Waals surface area contributed by atoms with Gasteiger partial charge in [0.25, 0.3) is 0 Å². The van der Waals surface area contributed by atoms with Crippen molar-refractivity contribution in [2.45, 2.75) is 43.5 Å². The van der Waals surface area contributed by atoms with E-state index in [-0.39, 0.29) is 13.0 Å². The smallest absolute Gasteiger partial charge is 0.304 e. The lowest BCUT2D eigenvalue weighted by atomic mass is 10.1. The zero-order valence-corrected chi connectivity index (χ0v) is 14.1. The van der Waals surface area contributed by atoms with Gasteiger partial charge < -0.3 is 4.90 Å². The predicted octanol–water partition coefficient (Wildman–Crippen LogP) is 4.72. The zero-order valence-electron chi connectivity index (χ0n) is 13.2. The molecule has 0 N–H and O–H groups in total. The summed E-state index contributed by atoms with van der Waals surface area (Å²) in [5.74, 6) is -13.4. The third-order valence-corrected chi connectivity index (χ3v) is 4.21. The van der Waals surface area contributed by atoms with E-state index in [9.17, 15) is 39.5 Å². The van der Waals surface area contributed by atoms with Crippen LogP contribution in [0.25, 0.3) is 0 Å². The fourth-order valence-corrected chi connectivity index (χ4v) is 2.57. The van der Waals surface area contributed by atoms with Crippen molar-refractivity contribution < 1.29 is 39.5 Å². The Balaban J connectivity index is 4.88. The molecule has 0 saturated carbocycles. The van der Waals surface area contributed by atoms with Crippen LogP contribution in [0.2, 0.25) is 0 Å². The molecule has 0 heterocycles. The molecule has 0 aromatic carbocycles. The van der Waals surface area contributed by atoms with Crippen molar-refractivity contribution in [2.75, 3.05) is 33.2 Å². The maximum atomic E-state index is 13.4. The molecule has 146 valence electrons. The molecule has 12 heteroatoms. The molecular formula is C12H19F9N2S. The van der Waals surface area contributed by atoms with Crippen molar-refractivity contribution in [1.82, 2.24) is 9.21 Å². The molecule has 0 unspecified atom stereocenters. The van der Waals surface area contributed by atoms with Gasteiger partial charge in [0.05, 0.1) is 0 Å². The van der Waals surface area contributed by atoms with Crippen LogP contribution in [0.3, 0.4) is 0 Å². The standard InChI is InChI=1S/C12H19F9N2S/c1-4-23(5-2)8-6-7-22(3)24-12(20,21)10(15,16)9(13,14)11(17,18)19/h4-8H2,1-3H3. The summed E-state index contributed by atoms with van der Waals surface area (Å²) in [4.78, 5) is 1.91. The SMILES string of the molecule is CCN(CC)CCCN(C)SC(F)(F)C(F)(F)C(F)(F)C(F)(F)F. The fraction of sp³-hybridized carbons (Fsp3) is 1.00. The Bertz CT molecular complexity index is 383. The summed E-state index contributed by atoms with van der Waals surface area (Å²) < 4.78 is 115. The van der Waals surface area contributed by atoms with E-state index in [0.717, 1.165) is 7.05 Å². The third kappa shape index (κ3) is 5.32. The Labute approximate surface area is 138 Å². The van der Waals surface area contributed by atoms with Crippen molar-refractivity contribution in [1.29, 1.82) is 0 Å². The van der Waals surface area contributed by atoms with Gasteiger partial charge in [-0.25, -0.2) is 4.31 Å². The van der Waals surface area contributed by atoms with E-state index in [1.54, 1.807) is 0 Å². The first-order chi connectivity index (χ1) is 10.6. The minimum atomic E-state index is -6.85. The molecule has 24 heavy (non-hydrogen) atoms. The van der Waals surface area contributed by atoms with Crippen LogP contribution in [-0.4, -0.2) is 65.7 Å². The topological polar surface area (TPSA) is 6.48 Å². The van der Waals surface area contributed by atoms with Gasteiger partial charge >= 0.3 is 23.3 Å². The lowest BCUT2D eigenvalue weighted by molar-refractivity contribution is -0.381. The highest BCUT2D eigenvalue weighted by Crippen LogP contribution is 2.56. The molecule has 0 aromatic rings. The number of rotatable bonds is 10. The van der Waals surface area contributed by atoms with Crippen molar-refractivity contribution in [3.63, 3.8) is 0 Å². The molecule has 0 aliphatic rings. The van der Waals surface area contributed by atoms with Crippen LogP contribution in [0.15, 0.2) is 0 Å². The molecule has 0 saturated heterocycles. The van der Waals surface area contributed by atoms with Crippen molar-refractivity contribution in [3.05, 3.63) is 0 Å². The fourth-order valence-electron chi connectivity index (χ4n) is 1.72. The monoisotopic (exact) mass is 394 g/mol. The highest BCUT2D eigenvalue weighted by atomic mass is 32.2. The van der Waals surface area contributed by atoms with Crippen LogP contribution in [0.1, 0.15) is 20.3 Å². The van der Waals surface area contributed by atoms with Gasteiger partial charge in [0.1, 0.15) is 0 Å². The molecule has 0 aliphatic carbocycles. The number of alkyl halides is 9. The first-order valence-corrected chi connectivity index (χ1v) is 7.74. The molecule has 0 aromatic heterocycles. The van der Waals surface area contributed by atoms with E-state index in [1.807, 2.05) is 18.7 Å². The molecule has 0 radical (unpaired) electrons. The maximum Gasteiger partial charge on any atom is 0.460 e. The Hall–Kier alpha value is -0.360. The summed E-state index contributed by atoms with van der Waals surface area (Å²) >= 11 is -1.03. The predicted molar refractivity (Wildman–Crippen MR) is 73.5 cm³/mol. The molecule has 0 amide bonds. The molecular weight excluding hydrogens is 375 g/mol.